The molecule has 0 heterocycles. The number of nitrogens with zero attached hydrogens (tertiary/aromatic N) is 2. The van der Waals surface area contributed by atoms with Crippen LogP contribution < -0.4 is 0 Å². The normalized spacial score (nSPS) is 10.7. The van der Waals surface area contributed by atoms with Crippen molar-refractivity contribution >= 4 is 23.9 Å². The molecule has 0 rings (SSSR count). The number of methoxy groups -OCH3 is 4. The molecule has 0 atom stereocenters. The number of ether oxygens (including phenoxy) is 4. The molecule has 0 aromatic heterocycles. The lowest BCUT2D eigenvalue weighted by atomic mass is 10.2. The highest BCUT2D eigenvalue weighted by molar-refractivity contribution is 5.70. The summed E-state index contributed by atoms with van der Waals surface area (Å²) in [6, 6.07) is 0. The molecule has 0 amide bonds. The smallest absolute Gasteiger partial charge is 0.306 e. The predicted octanol–water partition coefficient (Wildman–Crippen LogP) is 0.623. The number of esters is 4. The van der Waals surface area contributed by atoms with Gasteiger partial charge in [-0.25, -0.2) is 0 Å². The molecule has 10 nitrogen and oxygen atoms in total. The standard InChI is InChI=1S/C20H36N2O8/c1-27-17(23)7-13-21(14-8-18(24)28-2)11-5-6-12-22(15-9-19(25)29-3)16-10-20(26)30-4/h5-16H2,1-4H3. The average molecular weight is 433 g/mol. The van der Waals surface area contributed by atoms with E-state index in [-0.39, 0.29) is 49.6 Å². The molecule has 0 saturated heterocycles. The Morgan fingerprint density at radius 2 is 0.700 bits per heavy atom. The molecule has 0 bridgehead atoms. The molecule has 0 N–H and O–H groups in total. The first-order valence-electron chi connectivity index (χ1n) is 10.1. The van der Waals surface area contributed by atoms with Crippen molar-refractivity contribution in [3.05, 3.63) is 0 Å². The highest BCUT2D eigenvalue weighted by atomic mass is 16.5. The molecular weight excluding hydrogens is 396 g/mol. The predicted molar refractivity (Wildman–Crippen MR) is 109 cm³/mol. The van der Waals surface area contributed by atoms with Gasteiger partial charge in [-0.15, -0.1) is 0 Å². The van der Waals surface area contributed by atoms with Crippen molar-refractivity contribution in [3.8, 4) is 0 Å². The van der Waals surface area contributed by atoms with Crippen LogP contribution >= 0.6 is 0 Å². The summed E-state index contributed by atoms with van der Waals surface area (Å²) in [7, 11) is 5.38. The summed E-state index contributed by atoms with van der Waals surface area (Å²) in [6.07, 6.45) is 2.67. The Morgan fingerprint density at radius 3 is 0.900 bits per heavy atom. The van der Waals surface area contributed by atoms with Crippen LogP contribution in [0.3, 0.4) is 0 Å². The van der Waals surface area contributed by atoms with Gasteiger partial charge in [0.1, 0.15) is 0 Å². The minimum atomic E-state index is -0.296. The topological polar surface area (TPSA) is 112 Å². The Balaban J connectivity index is 4.51. The van der Waals surface area contributed by atoms with E-state index < -0.39 is 0 Å². The minimum absolute atomic E-state index is 0.252. The number of unbranched alkanes of at least 4 members (excludes halogenated alkanes) is 1. The summed E-state index contributed by atoms with van der Waals surface area (Å²) < 4.78 is 18.7. The minimum Gasteiger partial charge on any atom is -0.469 e. The maximum absolute atomic E-state index is 11.4. The lowest BCUT2D eigenvalue weighted by Crippen LogP contribution is -2.32. The van der Waals surface area contributed by atoms with E-state index in [4.69, 9.17) is 0 Å². The molecule has 0 aliphatic heterocycles. The molecule has 174 valence electrons. The molecule has 0 aliphatic rings. The second kappa shape index (κ2) is 17.6. The Morgan fingerprint density at radius 1 is 0.467 bits per heavy atom. The molecule has 0 saturated carbocycles. The van der Waals surface area contributed by atoms with Crippen LogP contribution in [0.25, 0.3) is 0 Å². The van der Waals surface area contributed by atoms with E-state index in [2.05, 4.69) is 18.9 Å². The van der Waals surface area contributed by atoms with Crippen molar-refractivity contribution in [2.24, 2.45) is 0 Å². The van der Waals surface area contributed by atoms with Gasteiger partial charge in [-0.1, -0.05) is 0 Å². The van der Waals surface area contributed by atoms with Crippen molar-refractivity contribution in [1.29, 1.82) is 0 Å². The van der Waals surface area contributed by atoms with Crippen molar-refractivity contribution in [2.75, 3.05) is 67.7 Å². The molecule has 0 aromatic rings. The van der Waals surface area contributed by atoms with Gasteiger partial charge in [-0.3, -0.25) is 19.2 Å². The molecule has 0 unspecified atom stereocenters. The summed E-state index contributed by atoms with van der Waals surface area (Å²) in [5, 5.41) is 0. The first-order chi connectivity index (χ1) is 14.4. The van der Waals surface area contributed by atoms with Crippen molar-refractivity contribution in [2.45, 2.75) is 38.5 Å². The van der Waals surface area contributed by atoms with Crippen LogP contribution in [0.1, 0.15) is 38.5 Å². The lowest BCUT2D eigenvalue weighted by molar-refractivity contribution is -0.143. The summed E-state index contributed by atoms with van der Waals surface area (Å²) >= 11 is 0. The van der Waals surface area contributed by atoms with Gasteiger partial charge in [-0.05, 0) is 25.9 Å². The number of hydrogen-bond acceptors (Lipinski definition) is 10. The van der Waals surface area contributed by atoms with E-state index in [0.29, 0.717) is 39.3 Å². The Bertz CT molecular complexity index is 441. The van der Waals surface area contributed by atoms with Crippen LogP contribution in [0, 0.1) is 0 Å². The van der Waals surface area contributed by atoms with Gasteiger partial charge < -0.3 is 28.7 Å². The van der Waals surface area contributed by atoms with Gasteiger partial charge in [-0.2, -0.15) is 0 Å². The molecular formula is C20H36N2O8. The van der Waals surface area contributed by atoms with Gasteiger partial charge in [0.2, 0.25) is 0 Å². The van der Waals surface area contributed by atoms with Gasteiger partial charge in [0.05, 0.1) is 54.1 Å². The zero-order valence-corrected chi connectivity index (χ0v) is 18.6. The van der Waals surface area contributed by atoms with Gasteiger partial charge in [0, 0.05) is 26.2 Å². The van der Waals surface area contributed by atoms with Crippen molar-refractivity contribution < 1.29 is 38.1 Å². The van der Waals surface area contributed by atoms with Crippen LogP contribution in [0.4, 0.5) is 0 Å². The van der Waals surface area contributed by atoms with Crippen LogP contribution in [0.5, 0.6) is 0 Å². The van der Waals surface area contributed by atoms with Crippen LogP contribution in [-0.4, -0.2) is 101 Å². The van der Waals surface area contributed by atoms with Gasteiger partial charge >= 0.3 is 23.9 Å². The summed E-state index contributed by atoms with van der Waals surface area (Å²) in [5.74, 6) is -1.19. The first kappa shape index (κ1) is 27.8. The zero-order chi connectivity index (χ0) is 22.8. The fourth-order valence-corrected chi connectivity index (χ4v) is 2.75. The van der Waals surface area contributed by atoms with E-state index in [1.165, 1.54) is 28.4 Å². The molecule has 0 radical (unpaired) electrons. The molecule has 30 heavy (non-hydrogen) atoms. The number of hydrogen-bond donors (Lipinski definition) is 0. The monoisotopic (exact) mass is 432 g/mol. The third-order valence-electron chi connectivity index (χ3n) is 4.64. The quantitative estimate of drug-likeness (QED) is 0.184. The van der Waals surface area contributed by atoms with E-state index >= 15 is 0 Å². The number of carbonyl (C=O) groups is 4. The summed E-state index contributed by atoms with van der Waals surface area (Å²) in [4.78, 5) is 49.7. The van der Waals surface area contributed by atoms with Gasteiger partial charge in [0.15, 0.2) is 0 Å². The van der Waals surface area contributed by atoms with Crippen molar-refractivity contribution in [3.63, 3.8) is 0 Å². The van der Waals surface area contributed by atoms with E-state index in [0.717, 1.165) is 12.8 Å². The molecule has 0 aromatic carbocycles. The Kier molecular flexibility index (Phi) is 16.3. The zero-order valence-electron chi connectivity index (χ0n) is 18.6. The fourth-order valence-electron chi connectivity index (χ4n) is 2.75. The highest BCUT2D eigenvalue weighted by Gasteiger charge is 2.13. The van der Waals surface area contributed by atoms with Crippen molar-refractivity contribution in [1.82, 2.24) is 9.80 Å². The Labute approximate surface area is 178 Å². The number of rotatable bonds is 17. The maximum atomic E-state index is 11.4. The molecule has 0 spiro atoms. The Hall–Kier alpha value is -2.20. The largest absolute Gasteiger partial charge is 0.469 e. The average Bonchev–Trinajstić information content (AvgIpc) is 2.77. The molecule has 0 fully saturated rings. The van der Waals surface area contributed by atoms with E-state index in [1.54, 1.807) is 0 Å². The van der Waals surface area contributed by atoms with Crippen LogP contribution in [-0.2, 0) is 38.1 Å². The maximum Gasteiger partial charge on any atom is 0.306 e. The summed E-state index contributed by atoms with van der Waals surface area (Å²) in [5.41, 5.74) is 0. The fraction of sp³-hybridized carbons (Fsp3) is 0.800. The van der Waals surface area contributed by atoms with Crippen LogP contribution in [0.2, 0.25) is 0 Å². The molecule has 10 heteroatoms. The van der Waals surface area contributed by atoms with E-state index in [9.17, 15) is 19.2 Å². The second-order valence-corrected chi connectivity index (χ2v) is 6.69. The highest BCUT2D eigenvalue weighted by Crippen LogP contribution is 2.04. The van der Waals surface area contributed by atoms with Crippen LogP contribution in [0.15, 0.2) is 0 Å². The van der Waals surface area contributed by atoms with E-state index in [1.807, 2.05) is 9.80 Å². The molecule has 0 aliphatic carbocycles. The third kappa shape index (κ3) is 14.7. The lowest BCUT2D eigenvalue weighted by Gasteiger charge is -2.24. The second-order valence-electron chi connectivity index (χ2n) is 6.69. The van der Waals surface area contributed by atoms with Gasteiger partial charge in [0.25, 0.3) is 0 Å². The SMILES string of the molecule is COC(=O)CCN(CCCCN(CCC(=O)OC)CCC(=O)OC)CCC(=O)OC. The number of carbonyl (C=O) groups excluding carboxylic acids is 4. The summed E-state index contributed by atoms with van der Waals surface area (Å²) in [6.45, 7) is 3.40. The third-order valence-corrected chi connectivity index (χ3v) is 4.64. The first-order valence-corrected chi connectivity index (χ1v) is 10.1.